The quantitative estimate of drug-likeness (QED) is 0.544. The van der Waals surface area contributed by atoms with Crippen LogP contribution in [0.3, 0.4) is 0 Å². The van der Waals surface area contributed by atoms with E-state index in [9.17, 15) is 9.59 Å². The number of nitrogens with two attached hydrogens (primary N) is 1. The second-order valence-corrected chi connectivity index (χ2v) is 1.29. The Kier molecular flexibility index (Phi) is 18.0. The number of hydrogen-bond acceptors (Lipinski definition) is 4. The van der Waals surface area contributed by atoms with Crippen LogP contribution in [0.15, 0.2) is 0 Å². The molecule has 0 aliphatic rings. The first-order valence-electron chi connectivity index (χ1n) is 2.51. The number of carboxylic acid groups (broad SMARTS) is 1. The zero-order valence-electron chi connectivity index (χ0n) is 6.36. The predicted molar refractivity (Wildman–Crippen MR) is 41.6 cm³/mol. The molecule has 0 saturated carbocycles. The highest BCUT2D eigenvalue weighted by molar-refractivity contribution is 5.85. The number of hydrogen-bond donors (Lipinski definition) is 2. The minimum atomic E-state index is -0.968. The number of esters is 1. The van der Waals surface area contributed by atoms with E-state index in [-0.39, 0.29) is 24.9 Å². The van der Waals surface area contributed by atoms with E-state index < -0.39 is 5.97 Å². The molecule has 0 aliphatic heterocycles. The molecule has 0 aliphatic carbocycles. The average molecular weight is 186 g/mol. The smallest absolute Gasteiger partial charge is 0.317 e. The highest BCUT2D eigenvalue weighted by Crippen LogP contribution is 1.60. The Hall–Kier alpha value is -0.810. The van der Waals surface area contributed by atoms with Crippen molar-refractivity contribution in [2.24, 2.45) is 5.73 Å². The van der Waals surface area contributed by atoms with E-state index >= 15 is 0 Å². The molecule has 0 saturated heterocycles. The lowest BCUT2D eigenvalue weighted by atomic mass is 10.7. The Labute approximate surface area is 70.9 Å². The maximum absolute atomic E-state index is 9.59. The summed E-state index contributed by atoms with van der Waals surface area (Å²) in [6, 6.07) is 0. The number of carboxylic acids is 1. The third kappa shape index (κ3) is 46.7. The van der Waals surface area contributed by atoms with Crippen molar-refractivity contribution in [3.63, 3.8) is 0 Å². The summed E-state index contributed by atoms with van der Waals surface area (Å²) in [4.78, 5) is 18.8. The number of ether oxygens (including phenoxy) is 1. The van der Waals surface area contributed by atoms with Gasteiger partial charge in [0, 0.05) is 6.92 Å². The first-order chi connectivity index (χ1) is 4.54. The molecule has 0 bridgehead atoms. The lowest BCUT2D eigenvalue weighted by molar-refractivity contribution is -0.138. The molecule has 11 heavy (non-hydrogen) atoms. The minimum absolute atomic E-state index is 0. The lowest BCUT2D eigenvalue weighted by Crippen LogP contribution is -2.10. The summed E-state index contributed by atoms with van der Waals surface area (Å²) in [5, 5.41) is 7.60. The summed E-state index contributed by atoms with van der Waals surface area (Å²) in [5.41, 5.74) is 4.57. The highest BCUT2D eigenvalue weighted by Gasteiger charge is 1.81. The fraction of sp³-hybridized carbons (Fsp3) is 0.600. The minimum Gasteiger partial charge on any atom is -0.480 e. The van der Waals surface area contributed by atoms with Gasteiger partial charge < -0.3 is 15.6 Å². The molecule has 0 radical (unpaired) electrons. The van der Waals surface area contributed by atoms with E-state index in [1.165, 1.54) is 14.0 Å². The third-order valence-corrected chi connectivity index (χ3v) is 0.462. The standard InChI is InChI=1S/C3H6O2.C2H5NO2.ClH/c1-3(4)5-2;3-1-2(4)5;/h1-2H3;1,3H2,(H,4,5);1H. The van der Waals surface area contributed by atoms with E-state index in [2.05, 4.69) is 10.5 Å². The molecule has 68 valence electrons. The maximum Gasteiger partial charge on any atom is 0.317 e. The van der Waals surface area contributed by atoms with Crippen LogP contribution in [0.1, 0.15) is 6.92 Å². The van der Waals surface area contributed by atoms with Crippen LogP contribution < -0.4 is 5.73 Å². The molecule has 0 aromatic carbocycles. The molecule has 0 unspecified atom stereocenters. The molecule has 5 nitrogen and oxygen atoms in total. The number of rotatable bonds is 1. The Bertz CT molecular complexity index is 103. The van der Waals surface area contributed by atoms with Crippen LogP contribution in [0.4, 0.5) is 0 Å². The van der Waals surface area contributed by atoms with Crippen molar-refractivity contribution in [3.8, 4) is 0 Å². The molecule has 0 aromatic rings. The van der Waals surface area contributed by atoms with Gasteiger partial charge in [-0.15, -0.1) is 12.4 Å². The number of aliphatic carboxylic acids is 1. The maximum atomic E-state index is 9.59. The van der Waals surface area contributed by atoms with Crippen molar-refractivity contribution in [2.45, 2.75) is 6.92 Å². The molecule has 0 amide bonds. The van der Waals surface area contributed by atoms with Crippen LogP contribution in [-0.2, 0) is 14.3 Å². The van der Waals surface area contributed by atoms with Crippen LogP contribution in [0.25, 0.3) is 0 Å². The lowest BCUT2D eigenvalue weighted by Gasteiger charge is -1.80. The van der Waals surface area contributed by atoms with Gasteiger partial charge in [-0.1, -0.05) is 0 Å². The molecule has 0 atom stereocenters. The van der Waals surface area contributed by atoms with Crippen molar-refractivity contribution in [2.75, 3.05) is 13.7 Å². The second kappa shape index (κ2) is 11.9. The average Bonchev–Trinajstić information content (AvgIpc) is 1.89. The molecule has 0 aromatic heterocycles. The molecule has 0 rings (SSSR count). The van der Waals surface area contributed by atoms with E-state index in [1.807, 2.05) is 0 Å². The Morgan fingerprint density at radius 3 is 1.73 bits per heavy atom. The molecule has 0 spiro atoms. The van der Waals surface area contributed by atoms with Gasteiger partial charge in [0.2, 0.25) is 0 Å². The Morgan fingerprint density at radius 2 is 1.73 bits per heavy atom. The third-order valence-electron chi connectivity index (χ3n) is 0.462. The van der Waals surface area contributed by atoms with Crippen molar-refractivity contribution >= 4 is 24.3 Å². The van der Waals surface area contributed by atoms with Crippen LogP contribution >= 0.6 is 12.4 Å². The van der Waals surface area contributed by atoms with Crippen LogP contribution in [0, 0.1) is 0 Å². The van der Waals surface area contributed by atoms with Gasteiger partial charge in [0.15, 0.2) is 0 Å². The highest BCUT2D eigenvalue weighted by atomic mass is 35.5. The van der Waals surface area contributed by atoms with Crippen LogP contribution in [0.5, 0.6) is 0 Å². The summed E-state index contributed by atoms with van der Waals surface area (Å²) >= 11 is 0. The van der Waals surface area contributed by atoms with E-state index in [0.717, 1.165) is 0 Å². The molecule has 6 heteroatoms. The molecular formula is C5H12ClNO4. The fourth-order valence-corrected chi connectivity index (χ4v) is 0. The number of halogens is 1. The van der Waals surface area contributed by atoms with Crippen molar-refractivity contribution in [1.82, 2.24) is 0 Å². The van der Waals surface area contributed by atoms with Gasteiger partial charge in [0.05, 0.1) is 13.7 Å². The molecule has 0 heterocycles. The number of carbonyl (C=O) groups is 2. The fourth-order valence-electron chi connectivity index (χ4n) is 0. The SMILES string of the molecule is COC(C)=O.Cl.NCC(=O)O. The van der Waals surface area contributed by atoms with Crippen LogP contribution in [-0.4, -0.2) is 30.7 Å². The van der Waals surface area contributed by atoms with Gasteiger partial charge in [-0.05, 0) is 0 Å². The van der Waals surface area contributed by atoms with E-state index in [0.29, 0.717) is 0 Å². The van der Waals surface area contributed by atoms with E-state index in [1.54, 1.807) is 0 Å². The van der Waals surface area contributed by atoms with Gasteiger partial charge in [-0.3, -0.25) is 9.59 Å². The van der Waals surface area contributed by atoms with E-state index in [4.69, 9.17) is 5.11 Å². The summed E-state index contributed by atoms with van der Waals surface area (Å²) in [6.45, 7) is 1.08. The summed E-state index contributed by atoms with van der Waals surface area (Å²) in [5.74, 6) is -1.21. The van der Waals surface area contributed by atoms with Gasteiger partial charge >= 0.3 is 11.9 Å². The van der Waals surface area contributed by atoms with Crippen molar-refractivity contribution in [1.29, 1.82) is 0 Å². The van der Waals surface area contributed by atoms with Crippen molar-refractivity contribution in [3.05, 3.63) is 0 Å². The summed E-state index contributed by atoms with van der Waals surface area (Å²) in [6.07, 6.45) is 0. The Morgan fingerprint density at radius 1 is 1.55 bits per heavy atom. The number of methoxy groups -OCH3 is 1. The largest absolute Gasteiger partial charge is 0.480 e. The first-order valence-corrected chi connectivity index (χ1v) is 2.51. The van der Waals surface area contributed by atoms with Crippen LogP contribution in [0.2, 0.25) is 0 Å². The summed E-state index contributed by atoms with van der Waals surface area (Å²) < 4.78 is 4.11. The molecule has 0 fully saturated rings. The molecule has 3 N–H and O–H groups in total. The normalized spacial score (nSPS) is 6.45. The zero-order chi connectivity index (χ0) is 8.57. The number of carbonyl (C=O) groups excluding carboxylic acids is 1. The second-order valence-electron chi connectivity index (χ2n) is 1.29. The topological polar surface area (TPSA) is 89.6 Å². The molecular weight excluding hydrogens is 174 g/mol. The summed E-state index contributed by atoms with van der Waals surface area (Å²) in [7, 11) is 1.35. The zero-order valence-corrected chi connectivity index (χ0v) is 7.18. The van der Waals surface area contributed by atoms with Gasteiger partial charge in [0.25, 0.3) is 0 Å². The van der Waals surface area contributed by atoms with Crippen molar-refractivity contribution < 1.29 is 19.4 Å². The predicted octanol–water partition coefficient (Wildman–Crippen LogP) is -0.369. The van der Waals surface area contributed by atoms with Gasteiger partial charge in [-0.2, -0.15) is 0 Å². The van der Waals surface area contributed by atoms with Gasteiger partial charge in [0.1, 0.15) is 0 Å². The first kappa shape index (κ1) is 16.6. The van der Waals surface area contributed by atoms with Gasteiger partial charge in [-0.25, -0.2) is 0 Å². The monoisotopic (exact) mass is 185 g/mol. The Balaban J connectivity index is -0.000000107.